The molecular weight excluding hydrogens is 402 g/mol. The van der Waals surface area contributed by atoms with Crippen molar-refractivity contribution in [1.29, 1.82) is 0 Å². The average molecular weight is 430 g/mol. The third kappa shape index (κ3) is 3.28. The summed E-state index contributed by atoms with van der Waals surface area (Å²) >= 11 is 1.56. The van der Waals surface area contributed by atoms with Crippen molar-refractivity contribution in [2.75, 3.05) is 6.54 Å². The third-order valence-corrected chi connectivity index (χ3v) is 6.64. The number of fused-ring (bicyclic) bond motifs is 1. The van der Waals surface area contributed by atoms with Gasteiger partial charge in [-0.3, -0.25) is 14.4 Å². The molecule has 4 rings (SSSR count). The summed E-state index contributed by atoms with van der Waals surface area (Å²) in [5, 5.41) is 7.86. The van der Waals surface area contributed by atoms with Gasteiger partial charge in [-0.2, -0.15) is 0 Å². The molecule has 1 aromatic rings. The predicted octanol–water partition coefficient (Wildman–Crippen LogP) is 1.62. The first kappa shape index (κ1) is 20.8. The summed E-state index contributed by atoms with van der Waals surface area (Å²) in [6.45, 7) is 10.0. The van der Waals surface area contributed by atoms with Crippen molar-refractivity contribution < 1.29 is 19.1 Å². The largest absolute Gasteiger partial charge is 0.359 e. The molecule has 2 N–H and O–H groups in total. The summed E-state index contributed by atoms with van der Waals surface area (Å²) in [6, 6.07) is 3.03. The molecule has 3 amide bonds. The van der Waals surface area contributed by atoms with Crippen LogP contribution in [0.15, 0.2) is 42.3 Å². The monoisotopic (exact) mass is 429 g/mol. The van der Waals surface area contributed by atoms with Gasteiger partial charge in [0.1, 0.15) is 11.6 Å². The fourth-order valence-corrected chi connectivity index (χ4v) is 5.39. The molecule has 160 valence electrons. The van der Waals surface area contributed by atoms with E-state index < -0.39 is 35.1 Å². The molecule has 7 nitrogen and oxygen atoms in total. The van der Waals surface area contributed by atoms with Crippen LogP contribution in [0.25, 0.3) is 0 Å². The van der Waals surface area contributed by atoms with Gasteiger partial charge in [0, 0.05) is 17.0 Å². The number of ether oxygens (including phenoxy) is 1. The molecule has 1 spiro atoms. The van der Waals surface area contributed by atoms with Gasteiger partial charge in [0.15, 0.2) is 0 Å². The highest BCUT2D eigenvalue weighted by Gasteiger charge is 2.72. The molecule has 0 aliphatic carbocycles. The molecule has 0 saturated carbocycles. The van der Waals surface area contributed by atoms with Crippen LogP contribution >= 0.6 is 11.3 Å². The van der Waals surface area contributed by atoms with Gasteiger partial charge in [0.25, 0.3) is 0 Å². The normalized spacial score (nSPS) is 31.7. The van der Waals surface area contributed by atoms with Crippen LogP contribution in [-0.2, 0) is 25.7 Å². The van der Waals surface area contributed by atoms with Crippen LogP contribution < -0.4 is 10.6 Å². The van der Waals surface area contributed by atoms with Gasteiger partial charge < -0.3 is 20.3 Å². The molecule has 0 aromatic carbocycles. The van der Waals surface area contributed by atoms with Crippen molar-refractivity contribution in [3.8, 4) is 0 Å². The smallest absolute Gasteiger partial charge is 0.246 e. The lowest BCUT2D eigenvalue weighted by atomic mass is 9.74. The van der Waals surface area contributed by atoms with E-state index in [1.165, 1.54) is 4.90 Å². The van der Waals surface area contributed by atoms with E-state index in [1.807, 2.05) is 44.4 Å². The highest BCUT2D eigenvalue weighted by atomic mass is 32.1. The Morgan fingerprint density at radius 2 is 2.13 bits per heavy atom. The third-order valence-electron chi connectivity index (χ3n) is 5.77. The minimum absolute atomic E-state index is 0.213. The Kier molecular flexibility index (Phi) is 5.10. The summed E-state index contributed by atoms with van der Waals surface area (Å²) < 4.78 is 6.22. The number of carbonyl (C=O) groups excluding carboxylic acids is 3. The molecule has 3 aliphatic heterocycles. The fraction of sp³-hybridized carbons (Fsp3) is 0.500. The first-order chi connectivity index (χ1) is 14.2. The molecular formula is C22H27N3O4S. The number of hydrogen-bond acceptors (Lipinski definition) is 5. The van der Waals surface area contributed by atoms with E-state index in [-0.39, 0.29) is 24.3 Å². The average Bonchev–Trinajstić information content (AvgIpc) is 3.41. The van der Waals surface area contributed by atoms with Crippen molar-refractivity contribution in [1.82, 2.24) is 15.5 Å². The molecule has 0 unspecified atom stereocenters. The zero-order valence-corrected chi connectivity index (χ0v) is 18.2. The van der Waals surface area contributed by atoms with Gasteiger partial charge in [-0.25, -0.2) is 0 Å². The first-order valence-corrected chi connectivity index (χ1v) is 11.0. The topological polar surface area (TPSA) is 87.7 Å². The Labute approximate surface area is 180 Å². The summed E-state index contributed by atoms with van der Waals surface area (Å²) in [4.78, 5) is 42.2. The number of likely N-dealkylation sites (tertiary alicyclic amines) is 1. The van der Waals surface area contributed by atoms with Crippen LogP contribution in [0.3, 0.4) is 0 Å². The lowest BCUT2D eigenvalue weighted by molar-refractivity contribution is -0.141. The van der Waals surface area contributed by atoms with Gasteiger partial charge in [-0.15, -0.1) is 17.9 Å². The fourth-order valence-electron chi connectivity index (χ4n) is 4.75. The van der Waals surface area contributed by atoms with E-state index in [9.17, 15) is 14.4 Å². The predicted molar refractivity (Wildman–Crippen MR) is 113 cm³/mol. The van der Waals surface area contributed by atoms with E-state index in [2.05, 4.69) is 17.2 Å². The second-order valence-corrected chi connectivity index (χ2v) is 10.0. The Hall–Kier alpha value is -2.45. The van der Waals surface area contributed by atoms with Crippen LogP contribution in [0.5, 0.6) is 0 Å². The van der Waals surface area contributed by atoms with Crippen LogP contribution in [0, 0.1) is 11.8 Å². The van der Waals surface area contributed by atoms with Crippen LogP contribution in [0.4, 0.5) is 0 Å². The quantitative estimate of drug-likeness (QED) is 0.673. The van der Waals surface area contributed by atoms with Crippen molar-refractivity contribution in [2.24, 2.45) is 11.8 Å². The number of rotatable bonds is 6. The minimum Gasteiger partial charge on any atom is -0.359 e. The first-order valence-electron chi connectivity index (χ1n) is 10.1. The van der Waals surface area contributed by atoms with Crippen LogP contribution in [0.1, 0.15) is 25.6 Å². The highest BCUT2D eigenvalue weighted by Crippen LogP contribution is 2.55. The number of amides is 3. The second kappa shape index (κ2) is 7.35. The van der Waals surface area contributed by atoms with Crippen LogP contribution in [0.2, 0.25) is 0 Å². The summed E-state index contributed by atoms with van der Waals surface area (Å²) in [7, 11) is 0. The molecule has 2 bridgehead atoms. The van der Waals surface area contributed by atoms with E-state index in [4.69, 9.17) is 4.74 Å². The number of nitrogens with zero attached hydrogens (tertiary/aromatic N) is 1. The Morgan fingerprint density at radius 3 is 2.77 bits per heavy atom. The number of carbonyl (C=O) groups is 3. The summed E-state index contributed by atoms with van der Waals surface area (Å²) in [5.74, 6) is -2.15. The molecule has 3 aliphatic rings. The van der Waals surface area contributed by atoms with Crippen LogP contribution in [-0.4, -0.2) is 52.5 Å². The standard InChI is InChI=1S/C22H27N3O4S/c1-5-10-25-17(19(27)24-21(2,3)4)22-9-8-14(29-22)15(16(22)20(25)28)18(26)23-12-13-7-6-11-30-13/h5-9,11,14-17H,1,10,12H2,2-4H3,(H,23,26)(H,24,27)/t14-,15+,16-,17+,22-/m1/s1. The number of nitrogens with one attached hydrogen (secondary N) is 2. The molecule has 1 aromatic heterocycles. The van der Waals surface area contributed by atoms with E-state index in [1.54, 1.807) is 23.5 Å². The van der Waals surface area contributed by atoms with Gasteiger partial charge in [-0.05, 0) is 32.2 Å². The van der Waals surface area contributed by atoms with Gasteiger partial charge in [0.2, 0.25) is 17.7 Å². The Bertz CT molecular complexity index is 904. The number of hydrogen-bond donors (Lipinski definition) is 2. The zero-order chi connectivity index (χ0) is 21.7. The summed E-state index contributed by atoms with van der Waals surface area (Å²) in [5.41, 5.74) is -1.60. The van der Waals surface area contributed by atoms with Crippen molar-refractivity contribution >= 4 is 29.1 Å². The molecule has 4 heterocycles. The van der Waals surface area contributed by atoms with Crippen molar-refractivity contribution in [3.63, 3.8) is 0 Å². The van der Waals surface area contributed by atoms with Crippen molar-refractivity contribution in [3.05, 3.63) is 47.2 Å². The Morgan fingerprint density at radius 1 is 1.37 bits per heavy atom. The van der Waals surface area contributed by atoms with Gasteiger partial charge >= 0.3 is 0 Å². The molecule has 5 atom stereocenters. The number of thiophene rings is 1. The maximum absolute atomic E-state index is 13.4. The Balaban J connectivity index is 1.63. The minimum atomic E-state index is -1.13. The second-order valence-electron chi connectivity index (χ2n) is 9.02. The van der Waals surface area contributed by atoms with E-state index in [0.717, 1.165) is 4.88 Å². The van der Waals surface area contributed by atoms with E-state index in [0.29, 0.717) is 6.54 Å². The van der Waals surface area contributed by atoms with Gasteiger partial charge in [0.05, 0.1) is 24.5 Å². The SMILES string of the molecule is C=CCN1C(=O)[C@H]2[C@@H](C(=O)NCc3cccs3)[C@H]3C=C[C@]2(O3)[C@@H]1C(=O)NC(C)(C)C. The molecule has 2 saturated heterocycles. The molecule has 0 radical (unpaired) electrons. The van der Waals surface area contributed by atoms with Gasteiger partial charge in [-0.1, -0.05) is 24.3 Å². The molecule has 8 heteroatoms. The highest BCUT2D eigenvalue weighted by molar-refractivity contribution is 7.09. The van der Waals surface area contributed by atoms with E-state index >= 15 is 0 Å². The molecule has 30 heavy (non-hydrogen) atoms. The maximum atomic E-state index is 13.4. The lowest BCUT2D eigenvalue weighted by Crippen LogP contribution is -2.57. The maximum Gasteiger partial charge on any atom is 0.246 e. The summed E-state index contributed by atoms with van der Waals surface area (Å²) in [6.07, 6.45) is 4.69. The van der Waals surface area contributed by atoms with Crippen molar-refractivity contribution in [2.45, 2.75) is 50.6 Å². The molecule has 2 fully saturated rings. The zero-order valence-electron chi connectivity index (χ0n) is 17.4. The lowest BCUT2D eigenvalue weighted by Gasteiger charge is -2.34.